The number of nitrogens with zero attached hydrogens (tertiary/aromatic N) is 1. The van der Waals surface area contributed by atoms with Crippen molar-refractivity contribution in [3.05, 3.63) is 0 Å². The minimum Gasteiger partial charge on any atom is -0.388 e. The number of hydrogen-bond donors (Lipinski definition) is 3. The molecule has 2 fully saturated rings. The van der Waals surface area contributed by atoms with Crippen LogP contribution in [0.3, 0.4) is 0 Å². The fourth-order valence-electron chi connectivity index (χ4n) is 3.48. The molecule has 2 rings (SSSR count). The fourth-order valence-corrected chi connectivity index (χ4v) is 3.48. The number of amides is 2. The van der Waals surface area contributed by atoms with Crippen LogP contribution in [-0.2, 0) is 0 Å². The van der Waals surface area contributed by atoms with Crippen molar-refractivity contribution in [2.75, 3.05) is 26.2 Å². The predicted octanol–water partition coefficient (Wildman–Crippen LogP) is 2.10. The molecule has 0 aromatic heterocycles. The van der Waals surface area contributed by atoms with E-state index >= 15 is 0 Å². The van der Waals surface area contributed by atoms with Crippen molar-refractivity contribution in [2.24, 2.45) is 5.92 Å². The van der Waals surface area contributed by atoms with Crippen LogP contribution in [0.1, 0.15) is 58.8 Å². The fraction of sp³-hybridized carbons (Fsp3) is 0.941. The third kappa shape index (κ3) is 5.13. The van der Waals surface area contributed by atoms with Gasteiger partial charge in [0.1, 0.15) is 0 Å². The molecule has 1 atom stereocenters. The number of nitrogens with one attached hydrogen (secondary N) is 2. The van der Waals surface area contributed by atoms with Crippen LogP contribution in [0.4, 0.5) is 4.79 Å². The molecule has 3 N–H and O–H groups in total. The molecule has 0 aromatic rings. The van der Waals surface area contributed by atoms with Crippen molar-refractivity contribution >= 4 is 6.03 Å². The van der Waals surface area contributed by atoms with Crippen molar-refractivity contribution in [2.45, 2.75) is 70.4 Å². The second-order valence-corrected chi connectivity index (χ2v) is 7.40. The molecule has 1 aliphatic carbocycles. The molecule has 22 heavy (non-hydrogen) atoms. The van der Waals surface area contributed by atoms with E-state index in [1.807, 2.05) is 0 Å². The summed E-state index contributed by atoms with van der Waals surface area (Å²) in [6.45, 7) is 7.80. The lowest BCUT2D eigenvalue weighted by Gasteiger charge is -2.37. The van der Waals surface area contributed by atoms with Crippen LogP contribution in [0.25, 0.3) is 0 Å². The molecule has 2 amide bonds. The maximum absolute atomic E-state index is 12.0. The molecule has 1 aliphatic heterocycles. The maximum atomic E-state index is 12.0. The Morgan fingerprint density at radius 1 is 1.09 bits per heavy atom. The van der Waals surface area contributed by atoms with Crippen LogP contribution < -0.4 is 10.6 Å². The normalized spacial score (nSPS) is 23.5. The minimum atomic E-state index is -0.653. The van der Waals surface area contributed by atoms with Gasteiger partial charge in [-0.3, -0.25) is 4.90 Å². The third-order valence-corrected chi connectivity index (χ3v) is 5.21. The Hall–Kier alpha value is -0.810. The molecule has 2 aliphatic rings. The molecule has 0 aromatic carbocycles. The van der Waals surface area contributed by atoms with E-state index in [1.54, 1.807) is 0 Å². The zero-order chi connectivity index (χ0) is 16.0. The van der Waals surface area contributed by atoms with E-state index in [1.165, 1.54) is 25.7 Å². The quantitative estimate of drug-likeness (QED) is 0.704. The van der Waals surface area contributed by atoms with Crippen LogP contribution >= 0.6 is 0 Å². The van der Waals surface area contributed by atoms with Crippen molar-refractivity contribution in [3.63, 3.8) is 0 Å². The van der Waals surface area contributed by atoms with Crippen molar-refractivity contribution in [1.29, 1.82) is 0 Å². The van der Waals surface area contributed by atoms with Gasteiger partial charge in [0.05, 0.1) is 5.60 Å². The van der Waals surface area contributed by atoms with Gasteiger partial charge >= 0.3 is 6.03 Å². The highest BCUT2D eigenvalue weighted by molar-refractivity contribution is 5.73. The Morgan fingerprint density at radius 2 is 1.73 bits per heavy atom. The summed E-state index contributed by atoms with van der Waals surface area (Å²) in [6.07, 6.45) is 7.85. The number of carbonyl (C=O) groups excluding carboxylic acids is 1. The van der Waals surface area contributed by atoms with Gasteiger partial charge in [-0.15, -0.1) is 0 Å². The molecule has 0 spiro atoms. The highest BCUT2D eigenvalue weighted by atomic mass is 16.3. The van der Waals surface area contributed by atoms with Gasteiger partial charge in [0.25, 0.3) is 0 Å². The molecule has 128 valence electrons. The highest BCUT2D eigenvalue weighted by Gasteiger charge is 2.34. The van der Waals surface area contributed by atoms with Crippen molar-refractivity contribution in [1.82, 2.24) is 15.5 Å². The molecule has 5 heteroatoms. The van der Waals surface area contributed by atoms with Crippen LogP contribution in [0, 0.1) is 5.92 Å². The van der Waals surface area contributed by atoms with Crippen LogP contribution in [0.2, 0.25) is 0 Å². The lowest BCUT2D eigenvalue weighted by atomic mass is 9.80. The van der Waals surface area contributed by atoms with Gasteiger partial charge in [-0.2, -0.15) is 0 Å². The first-order valence-corrected chi connectivity index (χ1v) is 8.98. The van der Waals surface area contributed by atoms with Crippen LogP contribution in [-0.4, -0.2) is 53.9 Å². The second kappa shape index (κ2) is 8.16. The summed E-state index contributed by atoms with van der Waals surface area (Å²) in [5, 5.41) is 15.8. The van der Waals surface area contributed by atoms with Crippen molar-refractivity contribution in [3.8, 4) is 0 Å². The minimum absolute atomic E-state index is 0.152. The highest BCUT2D eigenvalue weighted by Crippen LogP contribution is 2.30. The summed E-state index contributed by atoms with van der Waals surface area (Å²) in [4.78, 5) is 14.5. The molecule has 0 radical (unpaired) electrons. The summed E-state index contributed by atoms with van der Waals surface area (Å²) in [5.41, 5.74) is -0.653. The Morgan fingerprint density at radius 3 is 2.23 bits per heavy atom. The Kier molecular flexibility index (Phi) is 6.50. The molecule has 5 nitrogen and oxygen atoms in total. The molecule has 0 bridgehead atoms. The number of urea groups is 1. The zero-order valence-corrected chi connectivity index (χ0v) is 14.2. The van der Waals surface area contributed by atoms with Gasteiger partial charge in [0.15, 0.2) is 0 Å². The summed E-state index contributed by atoms with van der Waals surface area (Å²) in [5.74, 6) is 0.522. The smallest absolute Gasteiger partial charge is 0.314 e. The summed E-state index contributed by atoms with van der Waals surface area (Å²) < 4.78 is 0. The number of likely N-dealkylation sites (tertiary alicyclic amines) is 1. The molecular formula is C17H33N3O2. The first-order valence-electron chi connectivity index (χ1n) is 8.98. The Bertz CT molecular complexity index is 348. The zero-order valence-electron chi connectivity index (χ0n) is 14.2. The average molecular weight is 311 g/mol. The lowest BCUT2D eigenvalue weighted by molar-refractivity contribution is -0.0290. The topological polar surface area (TPSA) is 64.6 Å². The first kappa shape index (κ1) is 17.5. The summed E-state index contributed by atoms with van der Waals surface area (Å²) >= 11 is 0. The Labute approximate surface area is 134 Å². The lowest BCUT2D eigenvalue weighted by Crippen LogP contribution is -2.53. The molecule has 1 unspecified atom stereocenters. The molecule has 1 saturated carbocycles. The predicted molar refractivity (Wildman–Crippen MR) is 88.9 cm³/mol. The maximum Gasteiger partial charge on any atom is 0.314 e. The number of carbonyl (C=O) groups is 1. The molecule has 1 heterocycles. The number of hydrogen-bond acceptors (Lipinski definition) is 3. The van der Waals surface area contributed by atoms with Gasteiger partial charge in [-0.1, -0.05) is 26.7 Å². The van der Waals surface area contributed by atoms with E-state index in [0.717, 1.165) is 32.4 Å². The van der Waals surface area contributed by atoms with Gasteiger partial charge < -0.3 is 15.7 Å². The van der Waals surface area contributed by atoms with Gasteiger partial charge in [0.2, 0.25) is 0 Å². The van der Waals surface area contributed by atoms with E-state index in [0.29, 0.717) is 25.0 Å². The van der Waals surface area contributed by atoms with E-state index in [4.69, 9.17) is 0 Å². The monoisotopic (exact) mass is 311 g/mol. The van der Waals surface area contributed by atoms with E-state index < -0.39 is 5.60 Å². The number of rotatable bonds is 6. The first-order chi connectivity index (χ1) is 10.5. The third-order valence-electron chi connectivity index (χ3n) is 5.21. The Balaban J connectivity index is 1.74. The summed E-state index contributed by atoms with van der Waals surface area (Å²) in [6, 6.07) is 0.247. The SMILES string of the molecule is CC(C)C(CNC(=O)NCC1(O)CCC1)N1CCCCCC1. The summed E-state index contributed by atoms with van der Waals surface area (Å²) in [7, 11) is 0. The second-order valence-electron chi connectivity index (χ2n) is 7.40. The largest absolute Gasteiger partial charge is 0.388 e. The standard InChI is InChI=1S/C17H33N3O2/c1-14(2)15(20-10-5-3-4-6-11-20)12-18-16(21)19-13-17(22)8-7-9-17/h14-15,22H,3-13H2,1-2H3,(H2,18,19,21). The van der Waals surface area contributed by atoms with Gasteiger partial charge in [0, 0.05) is 19.1 Å². The van der Waals surface area contributed by atoms with Crippen molar-refractivity contribution < 1.29 is 9.90 Å². The average Bonchev–Trinajstić information content (AvgIpc) is 2.72. The van der Waals surface area contributed by atoms with Gasteiger partial charge in [-0.25, -0.2) is 4.79 Å². The molecule has 1 saturated heterocycles. The van der Waals surface area contributed by atoms with Crippen LogP contribution in [0.5, 0.6) is 0 Å². The number of aliphatic hydroxyl groups is 1. The van der Waals surface area contributed by atoms with E-state index in [-0.39, 0.29) is 6.03 Å². The van der Waals surface area contributed by atoms with E-state index in [2.05, 4.69) is 29.4 Å². The van der Waals surface area contributed by atoms with Crippen LogP contribution in [0.15, 0.2) is 0 Å². The van der Waals surface area contributed by atoms with Gasteiger partial charge in [-0.05, 0) is 51.1 Å². The van der Waals surface area contributed by atoms with E-state index in [9.17, 15) is 9.90 Å². The molecular weight excluding hydrogens is 278 g/mol.